The van der Waals surface area contributed by atoms with Crippen LogP contribution < -0.4 is 5.32 Å². The summed E-state index contributed by atoms with van der Waals surface area (Å²) in [6.45, 7) is 2.14. The zero-order valence-corrected chi connectivity index (χ0v) is 18.4. The second kappa shape index (κ2) is 8.74. The van der Waals surface area contributed by atoms with Crippen molar-refractivity contribution < 1.29 is 17.6 Å². The minimum atomic E-state index is -3.56. The molecule has 0 fully saturated rings. The molecule has 0 bridgehead atoms. The van der Waals surface area contributed by atoms with Crippen LogP contribution in [0.15, 0.2) is 57.0 Å². The van der Waals surface area contributed by atoms with Crippen LogP contribution in [0.3, 0.4) is 0 Å². The van der Waals surface area contributed by atoms with Crippen molar-refractivity contribution in [1.82, 2.24) is 14.6 Å². The lowest BCUT2D eigenvalue weighted by atomic mass is 10.2. The van der Waals surface area contributed by atoms with Crippen molar-refractivity contribution in [2.75, 3.05) is 14.1 Å². The summed E-state index contributed by atoms with van der Waals surface area (Å²) in [5, 5.41) is 3.35. The topological polar surface area (TPSA) is 92.5 Å². The van der Waals surface area contributed by atoms with Gasteiger partial charge in [-0.15, -0.1) is 0 Å². The van der Waals surface area contributed by atoms with Gasteiger partial charge in [-0.05, 0) is 42.8 Å². The first kappa shape index (κ1) is 21.6. The summed E-state index contributed by atoms with van der Waals surface area (Å²) in [5.41, 5.74) is 1.82. The fraction of sp³-hybridized carbons (Fsp3) is 0.263. The van der Waals surface area contributed by atoms with E-state index in [2.05, 4.69) is 10.3 Å². The van der Waals surface area contributed by atoms with E-state index in [9.17, 15) is 13.2 Å². The lowest BCUT2D eigenvalue weighted by Crippen LogP contribution is -2.30. The predicted octanol–water partition coefficient (Wildman–Crippen LogP) is 3.53. The van der Waals surface area contributed by atoms with Crippen LogP contribution >= 0.6 is 23.4 Å². The molecule has 1 aromatic heterocycles. The van der Waals surface area contributed by atoms with E-state index >= 15 is 0 Å². The third kappa shape index (κ3) is 5.11. The maximum absolute atomic E-state index is 12.4. The first-order chi connectivity index (χ1) is 13.7. The monoisotopic (exact) mass is 453 g/mol. The maximum Gasteiger partial charge on any atom is 0.257 e. The molecule has 1 atom stereocenters. The van der Waals surface area contributed by atoms with E-state index in [-0.39, 0.29) is 10.8 Å². The van der Waals surface area contributed by atoms with Crippen LogP contribution in [0.2, 0.25) is 5.02 Å². The number of fused-ring (bicyclic) bond motifs is 1. The molecule has 154 valence electrons. The smallest absolute Gasteiger partial charge is 0.257 e. The Morgan fingerprint density at radius 3 is 2.59 bits per heavy atom. The van der Waals surface area contributed by atoms with Gasteiger partial charge in [0.05, 0.1) is 10.1 Å². The molecule has 0 spiro atoms. The highest BCUT2D eigenvalue weighted by Gasteiger charge is 2.21. The largest absolute Gasteiger partial charge is 0.431 e. The van der Waals surface area contributed by atoms with E-state index < -0.39 is 15.3 Å². The Balaban J connectivity index is 1.67. The summed E-state index contributed by atoms with van der Waals surface area (Å²) >= 11 is 7.02. The predicted molar refractivity (Wildman–Crippen MR) is 113 cm³/mol. The van der Waals surface area contributed by atoms with Crippen LogP contribution in [0.5, 0.6) is 0 Å². The standard InChI is InChI=1S/C19H20ClN3O4S2/c1-12(18(24)21-11-13-4-6-14(20)7-5-13)28-19-22-16-10-15(8-9-17(16)27-19)29(25,26)23(2)3/h4-10,12H,11H2,1-3H3,(H,21,24). The van der Waals surface area contributed by atoms with Crippen LogP contribution in [0.25, 0.3) is 11.1 Å². The highest BCUT2D eigenvalue weighted by Crippen LogP contribution is 2.28. The molecule has 3 rings (SSSR count). The number of aromatic nitrogens is 1. The van der Waals surface area contributed by atoms with E-state index in [1.807, 2.05) is 12.1 Å². The number of carbonyl (C=O) groups excluding carboxylic acids is 1. The van der Waals surface area contributed by atoms with Gasteiger partial charge in [-0.1, -0.05) is 35.5 Å². The van der Waals surface area contributed by atoms with Gasteiger partial charge < -0.3 is 9.73 Å². The summed E-state index contributed by atoms with van der Waals surface area (Å²) in [5.74, 6) is -0.164. The normalized spacial score (nSPS) is 13.0. The maximum atomic E-state index is 12.4. The van der Waals surface area contributed by atoms with Crippen molar-refractivity contribution in [3.8, 4) is 0 Å². The number of carbonyl (C=O) groups is 1. The van der Waals surface area contributed by atoms with Crippen LogP contribution in [0.1, 0.15) is 12.5 Å². The van der Waals surface area contributed by atoms with Gasteiger partial charge in [0.1, 0.15) is 5.52 Å². The van der Waals surface area contributed by atoms with Crippen LogP contribution in [-0.2, 0) is 21.4 Å². The number of thioether (sulfide) groups is 1. The number of hydrogen-bond donors (Lipinski definition) is 1. The molecule has 0 radical (unpaired) electrons. The number of nitrogens with one attached hydrogen (secondary N) is 1. The van der Waals surface area contributed by atoms with Gasteiger partial charge >= 0.3 is 0 Å². The second-order valence-electron chi connectivity index (χ2n) is 6.50. The minimum Gasteiger partial charge on any atom is -0.431 e. The van der Waals surface area contributed by atoms with Gasteiger partial charge in [0.2, 0.25) is 15.9 Å². The molecule has 0 saturated carbocycles. The van der Waals surface area contributed by atoms with E-state index in [0.717, 1.165) is 21.6 Å². The Morgan fingerprint density at radius 2 is 1.93 bits per heavy atom. The molecule has 1 amide bonds. The van der Waals surface area contributed by atoms with E-state index in [1.54, 1.807) is 25.1 Å². The Hall–Kier alpha value is -2.07. The quantitative estimate of drug-likeness (QED) is 0.550. The van der Waals surface area contributed by atoms with Crippen LogP contribution in [0.4, 0.5) is 0 Å². The zero-order valence-electron chi connectivity index (χ0n) is 16.0. The first-order valence-electron chi connectivity index (χ1n) is 8.69. The number of sulfonamides is 1. The minimum absolute atomic E-state index is 0.133. The average Bonchev–Trinajstić information content (AvgIpc) is 3.08. The number of hydrogen-bond acceptors (Lipinski definition) is 6. The van der Waals surface area contributed by atoms with E-state index in [0.29, 0.717) is 27.9 Å². The highest BCUT2D eigenvalue weighted by atomic mass is 35.5. The van der Waals surface area contributed by atoms with E-state index in [1.165, 1.54) is 26.2 Å². The number of halogens is 1. The third-order valence-corrected chi connectivity index (χ3v) is 7.15. The Bertz CT molecular complexity index is 1130. The van der Waals surface area contributed by atoms with Crippen molar-refractivity contribution in [3.05, 3.63) is 53.1 Å². The molecular formula is C19H20ClN3O4S2. The second-order valence-corrected chi connectivity index (χ2v) is 10.4. The van der Waals surface area contributed by atoms with Gasteiger partial charge in [0, 0.05) is 25.7 Å². The molecule has 1 heterocycles. The molecular weight excluding hydrogens is 434 g/mol. The van der Waals surface area contributed by atoms with Crippen LogP contribution in [-0.4, -0.2) is 43.0 Å². The Kier molecular flexibility index (Phi) is 6.52. The summed E-state index contributed by atoms with van der Waals surface area (Å²) < 4.78 is 31.3. The summed E-state index contributed by atoms with van der Waals surface area (Å²) in [7, 11) is -0.627. The van der Waals surface area contributed by atoms with Crippen molar-refractivity contribution in [2.45, 2.75) is 28.8 Å². The lowest BCUT2D eigenvalue weighted by molar-refractivity contribution is -0.120. The van der Waals surface area contributed by atoms with Crippen molar-refractivity contribution in [3.63, 3.8) is 0 Å². The average molecular weight is 454 g/mol. The fourth-order valence-corrected chi connectivity index (χ4v) is 4.28. The molecule has 29 heavy (non-hydrogen) atoms. The summed E-state index contributed by atoms with van der Waals surface area (Å²) in [6.07, 6.45) is 0. The number of benzene rings is 2. The molecule has 10 heteroatoms. The molecule has 2 aromatic carbocycles. The SMILES string of the molecule is CC(Sc1nc2cc(S(=O)(=O)N(C)C)ccc2o1)C(=O)NCc1ccc(Cl)cc1. The first-order valence-corrected chi connectivity index (χ1v) is 11.4. The van der Waals surface area contributed by atoms with Crippen LogP contribution in [0, 0.1) is 0 Å². The van der Waals surface area contributed by atoms with Gasteiger partial charge in [-0.2, -0.15) is 0 Å². The van der Waals surface area contributed by atoms with Gasteiger partial charge in [-0.3, -0.25) is 4.79 Å². The Morgan fingerprint density at radius 1 is 1.24 bits per heavy atom. The molecule has 1 unspecified atom stereocenters. The molecule has 7 nitrogen and oxygen atoms in total. The lowest BCUT2D eigenvalue weighted by Gasteiger charge is -2.10. The number of oxazole rings is 1. The molecule has 0 saturated heterocycles. The zero-order chi connectivity index (χ0) is 21.2. The molecule has 1 N–H and O–H groups in total. The molecule has 0 aliphatic rings. The van der Waals surface area contributed by atoms with Crippen molar-refractivity contribution in [2.24, 2.45) is 0 Å². The van der Waals surface area contributed by atoms with Crippen molar-refractivity contribution in [1.29, 1.82) is 0 Å². The number of nitrogens with zero attached hydrogens (tertiary/aromatic N) is 2. The van der Waals surface area contributed by atoms with E-state index in [4.69, 9.17) is 16.0 Å². The Labute approximate surface area is 178 Å². The van der Waals surface area contributed by atoms with Gasteiger partial charge in [0.15, 0.2) is 5.58 Å². The highest BCUT2D eigenvalue weighted by molar-refractivity contribution is 8.00. The number of rotatable bonds is 7. The number of amides is 1. The molecule has 0 aliphatic carbocycles. The third-order valence-electron chi connectivity index (χ3n) is 4.14. The summed E-state index contributed by atoms with van der Waals surface area (Å²) in [4.78, 5) is 16.8. The molecule has 0 aliphatic heterocycles. The fourth-order valence-electron chi connectivity index (χ4n) is 2.45. The molecule has 3 aromatic rings. The van der Waals surface area contributed by atoms with Gasteiger partial charge in [-0.25, -0.2) is 17.7 Å². The summed E-state index contributed by atoms with van der Waals surface area (Å²) in [6, 6.07) is 11.7. The van der Waals surface area contributed by atoms with Crippen molar-refractivity contribution >= 4 is 50.4 Å². The van der Waals surface area contributed by atoms with Gasteiger partial charge in [0.25, 0.3) is 5.22 Å².